The highest BCUT2D eigenvalue weighted by molar-refractivity contribution is 9.09. The van der Waals surface area contributed by atoms with Crippen LogP contribution in [0.25, 0.3) is 0 Å². The molecule has 0 atom stereocenters. The van der Waals surface area contributed by atoms with Crippen LogP contribution in [0.4, 0.5) is 0 Å². The summed E-state index contributed by atoms with van der Waals surface area (Å²) in [6, 6.07) is 0. The number of nitrogens with two attached hydrogens (primary N) is 1. The van der Waals surface area contributed by atoms with Gasteiger partial charge in [0.2, 0.25) is 11.8 Å². The van der Waals surface area contributed by atoms with Gasteiger partial charge in [-0.3, -0.25) is 9.59 Å². The largest absolute Gasteiger partial charge is 0.370 e. The van der Waals surface area contributed by atoms with Crippen LogP contribution >= 0.6 is 15.9 Å². The zero-order valence-corrected chi connectivity index (χ0v) is 9.10. The van der Waals surface area contributed by atoms with Crippen LogP contribution in [0.1, 0.15) is 25.7 Å². The lowest BCUT2D eigenvalue weighted by atomic mass is 10.2. The predicted octanol–water partition coefficient (Wildman–Crippen LogP) is 0.543. The fourth-order valence-electron chi connectivity index (χ4n) is 0.794. The van der Waals surface area contributed by atoms with Gasteiger partial charge in [-0.25, -0.2) is 0 Å². The highest BCUT2D eigenvalue weighted by atomic mass is 79.9. The van der Waals surface area contributed by atoms with Crippen molar-refractivity contribution < 1.29 is 9.59 Å². The minimum Gasteiger partial charge on any atom is -0.370 e. The molecule has 0 aromatic heterocycles. The summed E-state index contributed by atoms with van der Waals surface area (Å²) in [6.07, 6.45) is 2.59. The van der Waals surface area contributed by atoms with Crippen molar-refractivity contribution in [3.63, 3.8) is 0 Å². The zero-order valence-electron chi connectivity index (χ0n) is 7.51. The number of hydrogen-bond donors (Lipinski definition) is 2. The van der Waals surface area contributed by atoms with Gasteiger partial charge in [-0.15, -0.1) is 0 Å². The average molecular weight is 251 g/mol. The summed E-state index contributed by atoms with van der Waals surface area (Å²) < 4.78 is 0. The van der Waals surface area contributed by atoms with Gasteiger partial charge in [0, 0.05) is 24.7 Å². The number of unbranched alkanes of at least 4 members (excludes halogenated alkanes) is 1. The molecular weight excluding hydrogens is 236 g/mol. The number of rotatable bonds is 7. The van der Waals surface area contributed by atoms with E-state index < -0.39 is 0 Å². The van der Waals surface area contributed by atoms with E-state index in [2.05, 4.69) is 21.2 Å². The molecule has 0 aromatic carbocycles. The van der Waals surface area contributed by atoms with Gasteiger partial charge in [0.1, 0.15) is 0 Å². The lowest BCUT2D eigenvalue weighted by Gasteiger charge is -2.02. The van der Waals surface area contributed by atoms with Crippen LogP contribution in [0.2, 0.25) is 0 Å². The first kappa shape index (κ1) is 12.4. The summed E-state index contributed by atoms with van der Waals surface area (Å²) >= 11 is 3.28. The van der Waals surface area contributed by atoms with Gasteiger partial charge in [0.05, 0.1) is 0 Å². The molecule has 0 radical (unpaired) electrons. The molecule has 0 saturated carbocycles. The standard InChI is InChI=1S/C8H15BrN2O2/c9-5-2-1-3-8(13)11-6-4-7(10)12/h1-6H2,(H2,10,12)(H,11,13). The van der Waals surface area contributed by atoms with E-state index in [0.717, 1.165) is 18.2 Å². The lowest BCUT2D eigenvalue weighted by molar-refractivity contribution is -0.121. The van der Waals surface area contributed by atoms with Crippen molar-refractivity contribution in [1.29, 1.82) is 0 Å². The van der Waals surface area contributed by atoms with E-state index >= 15 is 0 Å². The number of alkyl halides is 1. The molecule has 0 saturated heterocycles. The van der Waals surface area contributed by atoms with Crippen LogP contribution in [-0.2, 0) is 9.59 Å². The topological polar surface area (TPSA) is 72.2 Å². The zero-order chi connectivity index (χ0) is 10.1. The Hall–Kier alpha value is -0.580. The third-order valence-electron chi connectivity index (χ3n) is 1.48. The molecule has 0 bridgehead atoms. The first-order valence-electron chi connectivity index (χ1n) is 4.27. The molecule has 0 aliphatic heterocycles. The molecule has 76 valence electrons. The van der Waals surface area contributed by atoms with Gasteiger partial charge in [0.25, 0.3) is 0 Å². The fraction of sp³-hybridized carbons (Fsp3) is 0.750. The molecule has 0 heterocycles. The summed E-state index contributed by atoms with van der Waals surface area (Å²) in [5, 5.41) is 3.54. The quantitative estimate of drug-likeness (QED) is 0.512. The predicted molar refractivity (Wildman–Crippen MR) is 54.5 cm³/mol. The molecule has 0 aliphatic rings. The number of nitrogens with one attached hydrogen (secondary N) is 1. The molecule has 4 nitrogen and oxygen atoms in total. The van der Waals surface area contributed by atoms with Gasteiger partial charge in [-0.05, 0) is 12.8 Å². The van der Waals surface area contributed by atoms with Crippen molar-refractivity contribution in [1.82, 2.24) is 5.32 Å². The number of carbonyl (C=O) groups is 2. The summed E-state index contributed by atoms with van der Waals surface area (Å²) in [6.45, 7) is 0.350. The Bertz CT molecular complexity index is 174. The molecular formula is C8H15BrN2O2. The molecule has 0 unspecified atom stereocenters. The molecule has 13 heavy (non-hydrogen) atoms. The van der Waals surface area contributed by atoms with Crippen LogP contribution in [0, 0.1) is 0 Å². The number of hydrogen-bond acceptors (Lipinski definition) is 2. The molecule has 0 rings (SSSR count). The van der Waals surface area contributed by atoms with E-state index in [1.54, 1.807) is 0 Å². The highest BCUT2D eigenvalue weighted by Crippen LogP contribution is 1.97. The van der Waals surface area contributed by atoms with Crippen molar-refractivity contribution in [3.8, 4) is 0 Å². The third-order valence-corrected chi connectivity index (χ3v) is 2.04. The first-order valence-corrected chi connectivity index (χ1v) is 5.40. The second kappa shape index (κ2) is 8.04. The van der Waals surface area contributed by atoms with Crippen LogP contribution in [0.15, 0.2) is 0 Å². The molecule has 0 fully saturated rings. The summed E-state index contributed by atoms with van der Waals surface area (Å²) in [5.74, 6) is -0.400. The van der Waals surface area contributed by atoms with E-state index in [-0.39, 0.29) is 18.2 Å². The summed E-state index contributed by atoms with van der Waals surface area (Å²) in [4.78, 5) is 21.3. The minimum absolute atomic E-state index is 0.0119. The minimum atomic E-state index is -0.388. The van der Waals surface area contributed by atoms with Crippen LogP contribution in [-0.4, -0.2) is 23.7 Å². The maximum absolute atomic E-state index is 11.0. The SMILES string of the molecule is NC(=O)CCNC(=O)CCCCBr. The number of carbonyl (C=O) groups excluding carboxylic acids is 2. The van der Waals surface area contributed by atoms with Crippen molar-refractivity contribution in [2.45, 2.75) is 25.7 Å². The second-order valence-corrected chi connectivity index (χ2v) is 3.51. The number of primary amides is 1. The van der Waals surface area contributed by atoms with Gasteiger partial charge in [0.15, 0.2) is 0 Å². The molecule has 5 heteroatoms. The van der Waals surface area contributed by atoms with E-state index in [1.165, 1.54) is 0 Å². The second-order valence-electron chi connectivity index (χ2n) is 2.71. The molecule has 0 spiro atoms. The fourth-order valence-corrected chi connectivity index (χ4v) is 1.19. The Labute approximate surface area is 86.4 Å². The number of halogens is 1. The molecule has 3 N–H and O–H groups in total. The van der Waals surface area contributed by atoms with Crippen molar-refractivity contribution in [2.75, 3.05) is 11.9 Å². The maximum Gasteiger partial charge on any atom is 0.220 e. The maximum atomic E-state index is 11.0. The van der Waals surface area contributed by atoms with Gasteiger partial charge < -0.3 is 11.1 Å². The highest BCUT2D eigenvalue weighted by Gasteiger charge is 2.00. The smallest absolute Gasteiger partial charge is 0.220 e. The normalized spacial score (nSPS) is 9.62. The van der Waals surface area contributed by atoms with E-state index in [0.29, 0.717) is 13.0 Å². The third kappa shape index (κ3) is 9.33. The monoisotopic (exact) mass is 250 g/mol. The number of amides is 2. The van der Waals surface area contributed by atoms with Gasteiger partial charge in [-0.2, -0.15) is 0 Å². The van der Waals surface area contributed by atoms with Gasteiger partial charge >= 0.3 is 0 Å². The Kier molecular flexibility index (Phi) is 7.68. The summed E-state index contributed by atoms with van der Waals surface area (Å²) in [7, 11) is 0. The van der Waals surface area contributed by atoms with Crippen LogP contribution in [0.3, 0.4) is 0 Å². The Morgan fingerprint density at radius 1 is 1.23 bits per heavy atom. The molecule has 0 aromatic rings. The van der Waals surface area contributed by atoms with E-state index in [9.17, 15) is 9.59 Å². The van der Waals surface area contributed by atoms with E-state index in [1.807, 2.05) is 0 Å². The summed E-state index contributed by atoms with van der Waals surface area (Å²) in [5.41, 5.74) is 4.90. The molecule has 0 aliphatic carbocycles. The Morgan fingerprint density at radius 3 is 2.46 bits per heavy atom. The van der Waals surface area contributed by atoms with Crippen LogP contribution in [0.5, 0.6) is 0 Å². The average Bonchev–Trinajstić information content (AvgIpc) is 2.04. The first-order chi connectivity index (χ1) is 6.16. The van der Waals surface area contributed by atoms with Crippen molar-refractivity contribution in [2.24, 2.45) is 5.73 Å². The molecule has 2 amide bonds. The van der Waals surface area contributed by atoms with Gasteiger partial charge in [-0.1, -0.05) is 15.9 Å². The van der Waals surface area contributed by atoms with Crippen molar-refractivity contribution >= 4 is 27.7 Å². The Balaban J connectivity index is 3.25. The Morgan fingerprint density at radius 2 is 1.92 bits per heavy atom. The van der Waals surface area contributed by atoms with E-state index in [4.69, 9.17) is 5.73 Å². The lowest BCUT2D eigenvalue weighted by Crippen LogP contribution is -2.27. The van der Waals surface area contributed by atoms with Crippen molar-refractivity contribution in [3.05, 3.63) is 0 Å². The van der Waals surface area contributed by atoms with Crippen LogP contribution < -0.4 is 11.1 Å².